The molecule has 1 aromatic heterocycles. The summed E-state index contributed by atoms with van der Waals surface area (Å²) in [6.07, 6.45) is 17.2. The van der Waals surface area contributed by atoms with E-state index in [9.17, 15) is 31.2 Å². The molecule has 0 N–H and O–H groups in total. The molecule has 0 unspecified atom stereocenters. The highest BCUT2D eigenvalue weighted by Gasteiger charge is 2.38. The monoisotopic (exact) mass is 835 g/mol. The van der Waals surface area contributed by atoms with Crippen LogP contribution >= 0.6 is 0 Å². The zero-order valence-electron chi connectivity index (χ0n) is 35.0. The van der Waals surface area contributed by atoms with Gasteiger partial charge in [0, 0.05) is 12.0 Å². The molecule has 1 aliphatic rings. The standard InChI is InChI=1S/C47H60F3N3O5S/c1-6-7-8-9-10-11-12-13-14-15-16-17-18-19-20-21-44(54)53(45(55)58-35-38-30-32-46(5,33-31-38)36(2)3)59(56,57)41-28-26-40(27-29-41)52-42(34-43(51-52)47(48,49)50)39-24-22-37(4)23-25-39/h10-11,13-14,22-30,34H,2,6-9,12,15-21,31-33,35H2,1,3-5H3/b11-10-,14-13-/t46-/m1/s1. The number of alkyl halides is 3. The average Bonchev–Trinajstić information content (AvgIpc) is 3.66. The van der Waals surface area contributed by atoms with Crippen molar-refractivity contribution >= 4 is 22.0 Å². The fourth-order valence-corrected chi connectivity index (χ4v) is 8.08. The molecule has 1 heterocycles. The summed E-state index contributed by atoms with van der Waals surface area (Å²) in [6.45, 7) is 12.1. The van der Waals surface area contributed by atoms with Gasteiger partial charge in [-0.2, -0.15) is 18.3 Å². The summed E-state index contributed by atoms with van der Waals surface area (Å²) in [7, 11) is -4.78. The molecule has 0 fully saturated rings. The van der Waals surface area contributed by atoms with Crippen LogP contribution < -0.4 is 0 Å². The smallest absolute Gasteiger partial charge is 0.435 e. The number of benzene rings is 2. The number of carbonyl (C=O) groups is 2. The lowest BCUT2D eigenvalue weighted by Gasteiger charge is -2.33. The zero-order valence-corrected chi connectivity index (χ0v) is 35.8. The number of hydrogen-bond donors (Lipinski definition) is 0. The van der Waals surface area contributed by atoms with E-state index in [1.165, 1.54) is 31.4 Å². The highest BCUT2D eigenvalue weighted by molar-refractivity contribution is 7.90. The minimum Gasteiger partial charge on any atom is -0.444 e. The lowest BCUT2D eigenvalue weighted by atomic mass is 9.72. The van der Waals surface area contributed by atoms with Gasteiger partial charge in [0.25, 0.3) is 10.0 Å². The van der Waals surface area contributed by atoms with Gasteiger partial charge in [-0.3, -0.25) is 4.79 Å². The average molecular weight is 836 g/mol. The minimum absolute atomic E-state index is 0.0854. The van der Waals surface area contributed by atoms with E-state index < -0.39 is 38.8 Å². The second kappa shape index (κ2) is 22.1. The third kappa shape index (κ3) is 13.7. The van der Waals surface area contributed by atoms with Gasteiger partial charge in [-0.25, -0.2) is 17.9 Å². The Morgan fingerprint density at radius 2 is 1.56 bits per heavy atom. The highest BCUT2D eigenvalue weighted by Crippen LogP contribution is 2.40. The molecule has 0 bridgehead atoms. The highest BCUT2D eigenvalue weighted by atomic mass is 32.2. The first-order valence-corrected chi connectivity index (χ1v) is 22.2. The van der Waals surface area contributed by atoms with E-state index in [2.05, 4.69) is 49.8 Å². The van der Waals surface area contributed by atoms with Crippen molar-refractivity contribution in [2.75, 3.05) is 6.61 Å². The van der Waals surface area contributed by atoms with Gasteiger partial charge in [0.1, 0.15) is 6.61 Å². The normalized spacial score (nSPS) is 16.1. The maximum absolute atomic E-state index is 14.1. The van der Waals surface area contributed by atoms with Crippen LogP contribution in [0.25, 0.3) is 16.9 Å². The second-order valence-corrected chi connectivity index (χ2v) is 17.6. The number of hydrogen-bond acceptors (Lipinski definition) is 6. The minimum atomic E-state index is -4.78. The van der Waals surface area contributed by atoms with Crippen LogP contribution in [-0.4, -0.2) is 41.1 Å². The Balaban J connectivity index is 1.45. The van der Waals surface area contributed by atoms with Crippen molar-refractivity contribution in [2.24, 2.45) is 5.41 Å². The van der Waals surface area contributed by atoms with E-state index in [1.54, 1.807) is 24.3 Å². The Hall–Kier alpha value is -4.71. The molecule has 4 rings (SSSR count). The van der Waals surface area contributed by atoms with Crippen LogP contribution in [0.5, 0.6) is 0 Å². The number of halogens is 3. The number of nitrogens with zero attached hydrogens (tertiary/aromatic N) is 3. The molecule has 2 aromatic carbocycles. The molecule has 2 amide bonds. The number of carbonyl (C=O) groups excluding carboxylic acids is 2. The first kappa shape index (κ1) is 47.0. The summed E-state index contributed by atoms with van der Waals surface area (Å²) >= 11 is 0. The number of allylic oxidation sites excluding steroid dienone is 6. The number of sulfonamides is 1. The quantitative estimate of drug-likeness (QED) is 0.0783. The Morgan fingerprint density at radius 3 is 2.15 bits per heavy atom. The third-order valence-corrected chi connectivity index (χ3v) is 12.7. The van der Waals surface area contributed by atoms with E-state index in [1.807, 2.05) is 19.9 Å². The number of aromatic nitrogens is 2. The van der Waals surface area contributed by atoms with Gasteiger partial charge in [-0.05, 0) is 113 Å². The summed E-state index contributed by atoms with van der Waals surface area (Å²) in [5, 5.41) is 3.80. The largest absolute Gasteiger partial charge is 0.444 e. The molecule has 1 aliphatic carbocycles. The second-order valence-electron chi connectivity index (χ2n) is 15.8. The predicted molar refractivity (Wildman–Crippen MR) is 228 cm³/mol. The van der Waals surface area contributed by atoms with E-state index >= 15 is 0 Å². The van der Waals surface area contributed by atoms with Gasteiger partial charge in [0.2, 0.25) is 5.91 Å². The van der Waals surface area contributed by atoms with Crippen LogP contribution in [0.15, 0.2) is 108 Å². The molecule has 59 heavy (non-hydrogen) atoms. The van der Waals surface area contributed by atoms with Crippen molar-refractivity contribution < 1.29 is 35.9 Å². The number of ether oxygens (including phenoxy) is 1. The molecule has 8 nitrogen and oxygen atoms in total. The maximum atomic E-state index is 14.1. The van der Waals surface area contributed by atoms with Crippen LogP contribution in [0.1, 0.15) is 128 Å². The van der Waals surface area contributed by atoms with Crippen molar-refractivity contribution in [3.8, 4) is 16.9 Å². The van der Waals surface area contributed by atoms with E-state index in [0.29, 0.717) is 31.2 Å². The first-order valence-electron chi connectivity index (χ1n) is 20.8. The number of unbranched alkanes of at least 4 members (excludes halogenated alkanes) is 8. The van der Waals surface area contributed by atoms with Gasteiger partial charge in [0.15, 0.2) is 5.69 Å². The molecule has 320 valence electrons. The van der Waals surface area contributed by atoms with Crippen molar-refractivity contribution in [2.45, 2.75) is 135 Å². The van der Waals surface area contributed by atoms with E-state index in [4.69, 9.17) is 4.74 Å². The molecule has 0 spiro atoms. The Morgan fingerprint density at radius 1 is 0.932 bits per heavy atom. The predicted octanol–water partition coefficient (Wildman–Crippen LogP) is 13.0. The van der Waals surface area contributed by atoms with Crippen molar-refractivity contribution in [1.82, 2.24) is 14.1 Å². The Labute approximate surface area is 349 Å². The fraction of sp³-hybridized carbons (Fsp3) is 0.468. The summed E-state index contributed by atoms with van der Waals surface area (Å²) in [6, 6.07) is 12.7. The van der Waals surface area contributed by atoms with Gasteiger partial charge < -0.3 is 4.74 Å². The molecule has 0 radical (unpaired) electrons. The molecule has 0 saturated heterocycles. The summed E-state index contributed by atoms with van der Waals surface area (Å²) < 4.78 is 76.4. The van der Waals surface area contributed by atoms with Crippen LogP contribution in [-0.2, 0) is 25.7 Å². The van der Waals surface area contributed by atoms with Gasteiger partial charge in [-0.1, -0.05) is 118 Å². The number of amides is 2. The van der Waals surface area contributed by atoms with Crippen LogP contribution in [0.3, 0.4) is 0 Å². The van der Waals surface area contributed by atoms with E-state index in [0.717, 1.165) is 84.5 Å². The van der Waals surface area contributed by atoms with Gasteiger partial charge >= 0.3 is 12.3 Å². The molecule has 3 aromatic rings. The molecular formula is C47H60F3N3O5S. The maximum Gasteiger partial charge on any atom is 0.435 e. The van der Waals surface area contributed by atoms with Gasteiger partial charge in [-0.15, -0.1) is 4.31 Å². The Kier molecular flexibility index (Phi) is 17.6. The summed E-state index contributed by atoms with van der Waals surface area (Å²) in [4.78, 5) is 26.8. The van der Waals surface area contributed by atoms with Crippen LogP contribution in [0.2, 0.25) is 0 Å². The van der Waals surface area contributed by atoms with Crippen molar-refractivity contribution in [3.05, 3.63) is 114 Å². The van der Waals surface area contributed by atoms with Crippen LogP contribution in [0.4, 0.5) is 18.0 Å². The van der Waals surface area contributed by atoms with Crippen molar-refractivity contribution in [1.29, 1.82) is 0 Å². The van der Waals surface area contributed by atoms with Gasteiger partial charge in [0.05, 0.1) is 16.3 Å². The number of aryl methyl sites for hydroxylation is 1. The molecule has 0 aliphatic heterocycles. The SMILES string of the molecule is C=C(C)[C@]1(C)CC=C(COC(=O)N(C(=O)CCCCCCC/C=C\C/C=C\CCCCC)S(=O)(=O)c2ccc(-n3nc(C(F)(F)F)cc3-c3ccc(C)cc3)cc2)CC1. The number of imide groups is 1. The summed E-state index contributed by atoms with van der Waals surface area (Å²) in [5.41, 5.74) is 2.35. The molecular weight excluding hydrogens is 776 g/mol. The molecule has 0 saturated carbocycles. The molecule has 12 heteroatoms. The first-order chi connectivity index (χ1) is 28.1. The topological polar surface area (TPSA) is 98.6 Å². The third-order valence-electron chi connectivity index (χ3n) is 11.0. The van der Waals surface area contributed by atoms with Crippen molar-refractivity contribution in [3.63, 3.8) is 0 Å². The lowest BCUT2D eigenvalue weighted by molar-refractivity contribution is -0.141. The fourth-order valence-electron chi connectivity index (χ4n) is 6.78. The Bertz CT molecular complexity index is 2070. The summed E-state index contributed by atoms with van der Waals surface area (Å²) in [5.74, 6) is -0.916. The van der Waals surface area contributed by atoms with E-state index in [-0.39, 0.29) is 34.1 Å². The lowest BCUT2D eigenvalue weighted by Crippen LogP contribution is -2.42. The number of rotatable bonds is 21. The van der Waals surface area contributed by atoms with Crippen LogP contribution in [0, 0.1) is 12.3 Å². The zero-order chi connectivity index (χ0) is 43.1. The molecule has 1 atom stereocenters.